The molecule has 0 atom stereocenters. The molecular weight excluding hydrogens is 254 g/mol. The van der Waals surface area contributed by atoms with Crippen molar-refractivity contribution in [2.24, 2.45) is 0 Å². The molecule has 3 aromatic rings. The van der Waals surface area contributed by atoms with Crippen molar-refractivity contribution < 1.29 is 4.74 Å². The molecule has 0 aliphatic rings. The maximum absolute atomic E-state index is 5.79. The molecule has 0 N–H and O–H groups in total. The fourth-order valence-electron chi connectivity index (χ4n) is 2.17. The molecule has 0 fully saturated rings. The minimum atomic E-state index is 0.736. The predicted molar refractivity (Wildman–Crippen MR) is 80.8 cm³/mol. The van der Waals surface area contributed by atoms with Gasteiger partial charge in [-0.05, 0) is 22.8 Å². The van der Waals surface area contributed by atoms with E-state index in [0.29, 0.717) is 0 Å². The molecule has 0 amide bonds. The third kappa shape index (κ3) is 2.34. The van der Waals surface area contributed by atoms with Crippen LogP contribution in [0.25, 0.3) is 21.9 Å². The van der Waals surface area contributed by atoms with Gasteiger partial charge in [-0.1, -0.05) is 49.4 Å². The van der Waals surface area contributed by atoms with E-state index in [1.807, 2.05) is 6.20 Å². The van der Waals surface area contributed by atoms with Gasteiger partial charge in [0.05, 0.1) is 18.4 Å². The van der Waals surface area contributed by atoms with Gasteiger partial charge in [0.15, 0.2) is 0 Å². The van der Waals surface area contributed by atoms with E-state index in [4.69, 9.17) is 4.74 Å². The third-order valence-corrected chi connectivity index (χ3v) is 3.77. The smallest absolute Gasteiger partial charge is 0.201 e. The number of fused-ring (bicyclic) bond motifs is 1. The minimum Gasteiger partial charge on any atom is -0.482 e. The average molecular weight is 269 g/mol. The fourth-order valence-corrected chi connectivity index (χ4v) is 2.82. The lowest BCUT2D eigenvalue weighted by Crippen LogP contribution is -1.94. The Kier molecular flexibility index (Phi) is 3.47. The van der Waals surface area contributed by atoms with Crippen LogP contribution in [0.4, 0.5) is 0 Å². The summed E-state index contributed by atoms with van der Waals surface area (Å²) in [6, 6.07) is 14.7. The monoisotopic (exact) mass is 269 g/mol. The summed E-state index contributed by atoms with van der Waals surface area (Å²) in [5, 5.41) is 3.40. The Morgan fingerprint density at radius 1 is 1.05 bits per heavy atom. The molecule has 0 spiro atoms. The summed E-state index contributed by atoms with van der Waals surface area (Å²) in [6.07, 6.45) is 2.91. The lowest BCUT2D eigenvalue weighted by Gasteiger charge is -2.07. The Hall–Kier alpha value is -1.87. The quantitative estimate of drug-likeness (QED) is 0.681. The van der Waals surface area contributed by atoms with Crippen LogP contribution in [-0.2, 0) is 0 Å². The van der Waals surface area contributed by atoms with Crippen LogP contribution in [0.15, 0.2) is 48.7 Å². The Labute approximate surface area is 116 Å². The molecule has 3 heteroatoms. The number of aromatic nitrogens is 1. The topological polar surface area (TPSA) is 22.1 Å². The molecule has 0 unspecified atom stereocenters. The number of hydrogen-bond acceptors (Lipinski definition) is 3. The van der Waals surface area contributed by atoms with Crippen LogP contribution in [0.5, 0.6) is 5.06 Å². The lowest BCUT2D eigenvalue weighted by atomic mass is 10.0. The summed E-state index contributed by atoms with van der Waals surface area (Å²) >= 11 is 1.42. The first-order valence-corrected chi connectivity index (χ1v) is 7.23. The highest BCUT2D eigenvalue weighted by atomic mass is 32.1. The number of benzene rings is 2. The van der Waals surface area contributed by atoms with Crippen molar-refractivity contribution in [2.45, 2.75) is 13.3 Å². The second kappa shape index (κ2) is 5.41. The minimum absolute atomic E-state index is 0.736. The molecule has 1 heterocycles. The molecule has 0 radical (unpaired) electrons. The first-order valence-electron chi connectivity index (χ1n) is 6.45. The van der Waals surface area contributed by atoms with Crippen LogP contribution in [-0.4, -0.2) is 11.0 Å². The summed E-state index contributed by atoms with van der Waals surface area (Å²) < 4.78 is 10.1. The lowest BCUT2D eigenvalue weighted by molar-refractivity contribution is 0.328. The van der Waals surface area contributed by atoms with E-state index in [1.165, 1.54) is 27.9 Å². The average Bonchev–Trinajstić information content (AvgIpc) is 2.92. The summed E-state index contributed by atoms with van der Waals surface area (Å²) in [6.45, 7) is 2.85. The van der Waals surface area contributed by atoms with E-state index in [-0.39, 0.29) is 0 Å². The van der Waals surface area contributed by atoms with E-state index in [0.717, 1.165) is 23.7 Å². The number of ether oxygens (including phenoxy) is 1. The van der Waals surface area contributed by atoms with Crippen LogP contribution in [0, 0.1) is 0 Å². The third-order valence-electron chi connectivity index (χ3n) is 3.05. The first-order chi connectivity index (χ1) is 9.40. The molecule has 0 bridgehead atoms. The van der Waals surface area contributed by atoms with Crippen molar-refractivity contribution in [3.8, 4) is 16.2 Å². The van der Waals surface area contributed by atoms with Gasteiger partial charge in [0.25, 0.3) is 0 Å². The molecule has 19 heavy (non-hydrogen) atoms. The van der Waals surface area contributed by atoms with Gasteiger partial charge in [-0.3, -0.25) is 0 Å². The van der Waals surface area contributed by atoms with Crippen molar-refractivity contribution >= 4 is 22.3 Å². The fraction of sp³-hybridized carbons (Fsp3) is 0.188. The predicted octanol–water partition coefficient (Wildman–Crippen LogP) is 4.75. The zero-order chi connectivity index (χ0) is 13.1. The summed E-state index contributed by atoms with van der Waals surface area (Å²) in [7, 11) is 0. The van der Waals surface area contributed by atoms with Crippen molar-refractivity contribution in [3.63, 3.8) is 0 Å². The second-order valence-corrected chi connectivity index (χ2v) is 5.17. The van der Waals surface area contributed by atoms with E-state index in [2.05, 4.69) is 53.8 Å². The molecule has 0 saturated carbocycles. The molecule has 0 aliphatic carbocycles. The standard InChI is InChI=1S/C16H15NOS/c1-2-10-18-16-15(11-17-19-16)14-9-5-7-12-6-3-4-8-13(12)14/h3-9,11H,2,10H2,1H3. The highest BCUT2D eigenvalue weighted by Gasteiger charge is 2.11. The molecule has 1 aromatic heterocycles. The molecule has 96 valence electrons. The van der Waals surface area contributed by atoms with Gasteiger partial charge in [0.2, 0.25) is 5.06 Å². The maximum atomic E-state index is 5.79. The van der Waals surface area contributed by atoms with Gasteiger partial charge < -0.3 is 4.74 Å². The number of rotatable bonds is 4. The molecular formula is C16H15NOS. The summed E-state index contributed by atoms with van der Waals surface area (Å²) in [5.41, 5.74) is 2.29. The Morgan fingerprint density at radius 3 is 2.79 bits per heavy atom. The van der Waals surface area contributed by atoms with Gasteiger partial charge in [0, 0.05) is 11.5 Å². The molecule has 0 aliphatic heterocycles. The van der Waals surface area contributed by atoms with Crippen LogP contribution in [0.1, 0.15) is 13.3 Å². The Morgan fingerprint density at radius 2 is 1.89 bits per heavy atom. The number of nitrogens with zero attached hydrogens (tertiary/aromatic N) is 1. The Balaban J connectivity index is 2.12. The highest BCUT2D eigenvalue weighted by molar-refractivity contribution is 7.08. The van der Waals surface area contributed by atoms with E-state index < -0.39 is 0 Å². The van der Waals surface area contributed by atoms with E-state index in [9.17, 15) is 0 Å². The van der Waals surface area contributed by atoms with Gasteiger partial charge in [-0.15, -0.1) is 0 Å². The maximum Gasteiger partial charge on any atom is 0.201 e. The first kappa shape index (κ1) is 12.2. The normalized spacial score (nSPS) is 10.8. The van der Waals surface area contributed by atoms with Crippen LogP contribution < -0.4 is 4.74 Å². The zero-order valence-electron chi connectivity index (χ0n) is 10.8. The highest BCUT2D eigenvalue weighted by Crippen LogP contribution is 2.37. The SMILES string of the molecule is CCCOc1sncc1-c1cccc2ccccc12. The molecule has 3 rings (SSSR count). The van der Waals surface area contributed by atoms with Crippen molar-refractivity contribution in [1.82, 2.24) is 4.37 Å². The molecule has 2 nitrogen and oxygen atoms in total. The summed E-state index contributed by atoms with van der Waals surface area (Å²) in [5.74, 6) is 0. The second-order valence-electron chi connectivity index (χ2n) is 4.40. The molecule has 0 saturated heterocycles. The van der Waals surface area contributed by atoms with E-state index in [1.54, 1.807) is 0 Å². The van der Waals surface area contributed by atoms with Crippen LogP contribution >= 0.6 is 11.5 Å². The van der Waals surface area contributed by atoms with Crippen LogP contribution in [0.3, 0.4) is 0 Å². The van der Waals surface area contributed by atoms with E-state index >= 15 is 0 Å². The van der Waals surface area contributed by atoms with Crippen molar-refractivity contribution in [1.29, 1.82) is 0 Å². The van der Waals surface area contributed by atoms with Crippen molar-refractivity contribution in [2.75, 3.05) is 6.61 Å². The Bertz CT molecular complexity index is 685. The van der Waals surface area contributed by atoms with Gasteiger partial charge in [-0.25, -0.2) is 0 Å². The van der Waals surface area contributed by atoms with Crippen molar-refractivity contribution in [3.05, 3.63) is 48.7 Å². The zero-order valence-corrected chi connectivity index (χ0v) is 11.6. The summed E-state index contributed by atoms with van der Waals surface area (Å²) in [4.78, 5) is 0. The van der Waals surface area contributed by atoms with Gasteiger partial charge >= 0.3 is 0 Å². The number of hydrogen-bond donors (Lipinski definition) is 0. The van der Waals surface area contributed by atoms with Gasteiger partial charge in [0.1, 0.15) is 0 Å². The van der Waals surface area contributed by atoms with Crippen LogP contribution in [0.2, 0.25) is 0 Å². The largest absolute Gasteiger partial charge is 0.482 e. The molecule has 2 aromatic carbocycles. The van der Waals surface area contributed by atoms with Gasteiger partial charge in [-0.2, -0.15) is 4.37 Å².